The summed E-state index contributed by atoms with van der Waals surface area (Å²) in [6, 6.07) is 14.4. The number of ether oxygens (including phenoxy) is 1. The molecular formula is C24H31N3O2. The van der Waals surface area contributed by atoms with Gasteiger partial charge in [-0.15, -0.1) is 0 Å². The van der Waals surface area contributed by atoms with E-state index in [1.807, 2.05) is 30.5 Å². The van der Waals surface area contributed by atoms with E-state index in [9.17, 15) is 4.79 Å². The zero-order valence-corrected chi connectivity index (χ0v) is 17.2. The zero-order valence-electron chi connectivity index (χ0n) is 17.2. The summed E-state index contributed by atoms with van der Waals surface area (Å²) in [4.78, 5) is 19.7. The number of likely N-dealkylation sites (tertiary alicyclic amines) is 1. The number of hydrogen-bond donors (Lipinski definition) is 1. The number of hydrogen-bond acceptors (Lipinski definition) is 4. The molecule has 0 unspecified atom stereocenters. The Morgan fingerprint density at radius 1 is 1.14 bits per heavy atom. The summed E-state index contributed by atoms with van der Waals surface area (Å²) in [6.07, 6.45) is 7.21. The van der Waals surface area contributed by atoms with E-state index in [2.05, 4.69) is 33.4 Å². The Balaban J connectivity index is 1.37. The normalized spacial score (nSPS) is 19.3. The lowest BCUT2D eigenvalue weighted by molar-refractivity contribution is -0.128. The predicted octanol–water partition coefficient (Wildman–Crippen LogP) is 3.96. The van der Waals surface area contributed by atoms with Gasteiger partial charge in [0, 0.05) is 18.7 Å². The predicted molar refractivity (Wildman–Crippen MR) is 113 cm³/mol. The van der Waals surface area contributed by atoms with Crippen molar-refractivity contribution in [3.05, 3.63) is 59.9 Å². The molecule has 2 aromatic rings. The van der Waals surface area contributed by atoms with Gasteiger partial charge >= 0.3 is 0 Å². The first-order chi connectivity index (χ1) is 14.2. The molecule has 1 aromatic carbocycles. The minimum absolute atomic E-state index is 0.0208. The molecule has 0 radical (unpaired) electrons. The van der Waals surface area contributed by atoms with E-state index in [-0.39, 0.29) is 17.9 Å². The minimum atomic E-state index is 0.0208. The molecule has 5 heteroatoms. The van der Waals surface area contributed by atoms with E-state index in [0.29, 0.717) is 5.92 Å². The van der Waals surface area contributed by atoms with Crippen LogP contribution in [0.4, 0.5) is 0 Å². The van der Waals surface area contributed by atoms with Crippen LogP contribution in [0.15, 0.2) is 48.7 Å². The van der Waals surface area contributed by atoms with Crippen molar-refractivity contribution < 1.29 is 9.53 Å². The second-order valence-corrected chi connectivity index (χ2v) is 8.33. The minimum Gasteiger partial charge on any atom is -0.497 e. The van der Waals surface area contributed by atoms with Crippen LogP contribution in [-0.4, -0.2) is 36.0 Å². The second-order valence-electron chi connectivity index (χ2n) is 8.33. The largest absolute Gasteiger partial charge is 0.497 e. The third-order valence-electron chi connectivity index (χ3n) is 6.45. The summed E-state index contributed by atoms with van der Waals surface area (Å²) in [5, 5.41) is 3.35. The number of carbonyl (C=O) groups excluding carboxylic acids is 1. The highest BCUT2D eigenvalue weighted by Gasteiger charge is 2.33. The van der Waals surface area contributed by atoms with Gasteiger partial charge in [0.2, 0.25) is 5.91 Å². The zero-order chi connectivity index (χ0) is 20.1. The Hall–Kier alpha value is -2.40. The Kier molecular flexibility index (Phi) is 6.45. The van der Waals surface area contributed by atoms with Crippen molar-refractivity contribution in [3.63, 3.8) is 0 Å². The van der Waals surface area contributed by atoms with Crippen molar-refractivity contribution in [1.29, 1.82) is 0 Å². The van der Waals surface area contributed by atoms with Gasteiger partial charge in [-0.3, -0.25) is 14.7 Å². The number of piperidine rings is 1. The standard InChI is InChI=1S/C24H31N3O2/c1-29-21-10-8-18(9-11-21)17-27-15-12-19(13-16-27)23(22-7-2-3-14-25-22)26-24(28)20-5-4-6-20/h2-3,7-11,14,19-20,23H,4-6,12-13,15-17H2,1H3,(H,26,28)/t23-/m1/s1. The highest BCUT2D eigenvalue weighted by Crippen LogP contribution is 2.33. The fourth-order valence-electron chi connectivity index (χ4n) is 4.37. The number of benzene rings is 1. The fourth-order valence-corrected chi connectivity index (χ4v) is 4.37. The van der Waals surface area contributed by atoms with E-state index in [1.165, 1.54) is 12.0 Å². The van der Waals surface area contributed by atoms with Crippen LogP contribution in [-0.2, 0) is 11.3 Å². The van der Waals surface area contributed by atoms with Crippen LogP contribution in [0.3, 0.4) is 0 Å². The number of nitrogens with zero attached hydrogens (tertiary/aromatic N) is 2. The molecule has 29 heavy (non-hydrogen) atoms. The maximum absolute atomic E-state index is 12.6. The quantitative estimate of drug-likeness (QED) is 0.774. The fraction of sp³-hybridized carbons (Fsp3) is 0.500. The highest BCUT2D eigenvalue weighted by molar-refractivity contribution is 5.79. The summed E-state index contributed by atoms with van der Waals surface area (Å²) >= 11 is 0. The molecule has 5 nitrogen and oxygen atoms in total. The second kappa shape index (κ2) is 9.40. The number of amides is 1. The van der Waals surface area contributed by atoms with Crippen LogP contribution in [0.1, 0.15) is 49.4 Å². The Bertz CT molecular complexity index is 782. The molecule has 1 saturated carbocycles. The van der Waals surface area contributed by atoms with Crippen molar-refractivity contribution in [1.82, 2.24) is 15.2 Å². The molecule has 2 heterocycles. The van der Waals surface area contributed by atoms with Crippen molar-refractivity contribution in [2.45, 2.75) is 44.7 Å². The van der Waals surface area contributed by atoms with Gasteiger partial charge in [0.05, 0.1) is 18.8 Å². The summed E-state index contributed by atoms with van der Waals surface area (Å²) in [7, 11) is 1.70. The number of pyridine rings is 1. The van der Waals surface area contributed by atoms with Crippen molar-refractivity contribution >= 4 is 5.91 Å². The first-order valence-electron chi connectivity index (χ1n) is 10.8. The molecule has 0 bridgehead atoms. The molecule has 4 rings (SSSR count). The van der Waals surface area contributed by atoms with Gasteiger partial charge in [-0.25, -0.2) is 0 Å². The number of rotatable bonds is 7. The number of aromatic nitrogens is 1. The first kappa shape index (κ1) is 19.9. The lowest BCUT2D eigenvalue weighted by Gasteiger charge is -2.37. The maximum Gasteiger partial charge on any atom is 0.223 e. The molecule has 1 amide bonds. The van der Waals surface area contributed by atoms with E-state index in [0.717, 1.165) is 56.8 Å². The van der Waals surface area contributed by atoms with Crippen LogP contribution < -0.4 is 10.1 Å². The molecule has 2 aliphatic rings. The van der Waals surface area contributed by atoms with Gasteiger partial charge in [0.15, 0.2) is 0 Å². The maximum atomic E-state index is 12.6. The monoisotopic (exact) mass is 393 g/mol. The van der Waals surface area contributed by atoms with Gasteiger partial charge in [0.1, 0.15) is 5.75 Å². The van der Waals surface area contributed by atoms with Gasteiger partial charge in [0.25, 0.3) is 0 Å². The van der Waals surface area contributed by atoms with Gasteiger partial charge in [-0.1, -0.05) is 24.6 Å². The number of nitrogens with one attached hydrogen (secondary N) is 1. The molecule has 1 aliphatic carbocycles. The number of carbonyl (C=O) groups is 1. The van der Waals surface area contributed by atoms with Gasteiger partial charge in [-0.2, -0.15) is 0 Å². The van der Waals surface area contributed by atoms with E-state index in [4.69, 9.17) is 4.74 Å². The Morgan fingerprint density at radius 3 is 2.48 bits per heavy atom. The SMILES string of the molecule is COc1ccc(CN2CCC([C@@H](NC(=O)C3CCC3)c3ccccn3)CC2)cc1. The lowest BCUT2D eigenvalue weighted by Crippen LogP contribution is -2.43. The smallest absolute Gasteiger partial charge is 0.223 e. The molecule has 0 spiro atoms. The first-order valence-corrected chi connectivity index (χ1v) is 10.8. The molecular weight excluding hydrogens is 362 g/mol. The van der Waals surface area contributed by atoms with Crippen LogP contribution >= 0.6 is 0 Å². The van der Waals surface area contributed by atoms with Crippen LogP contribution in [0, 0.1) is 11.8 Å². The third kappa shape index (κ3) is 4.96. The summed E-state index contributed by atoms with van der Waals surface area (Å²) in [5.74, 6) is 1.75. The summed E-state index contributed by atoms with van der Waals surface area (Å²) in [6.45, 7) is 3.04. The van der Waals surface area contributed by atoms with Crippen molar-refractivity contribution in [3.8, 4) is 5.75 Å². The van der Waals surface area contributed by atoms with Crippen molar-refractivity contribution in [2.24, 2.45) is 11.8 Å². The molecule has 154 valence electrons. The Labute approximate surface area is 173 Å². The number of methoxy groups -OCH3 is 1. The summed E-state index contributed by atoms with van der Waals surface area (Å²) in [5.41, 5.74) is 2.30. The molecule has 1 atom stereocenters. The van der Waals surface area contributed by atoms with Crippen LogP contribution in [0.2, 0.25) is 0 Å². The third-order valence-corrected chi connectivity index (χ3v) is 6.45. The molecule has 1 aliphatic heterocycles. The molecule has 1 aromatic heterocycles. The lowest BCUT2D eigenvalue weighted by atomic mass is 9.83. The van der Waals surface area contributed by atoms with Gasteiger partial charge in [-0.05, 0) is 74.5 Å². The summed E-state index contributed by atoms with van der Waals surface area (Å²) < 4.78 is 5.25. The average Bonchev–Trinajstić information content (AvgIpc) is 2.73. The molecule has 1 saturated heterocycles. The van der Waals surface area contributed by atoms with E-state index >= 15 is 0 Å². The average molecular weight is 394 g/mol. The van der Waals surface area contributed by atoms with Crippen LogP contribution in [0.5, 0.6) is 5.75 Å². The Morgan fingerprint density at radius 2 is 1.90 bits per heavy atom. The topological polar surface area (TPSA) is 54.5 Å². The molecule has 2 fully saturated rings. The van der Waals surface area contributed by atoms with Crippen molar-refractivity contribution in [2.75, 3.05) is 20.2 Å². The van der Waals surface area contributed by atoms with Gasteiger partial charge < -0.3 is 10.1 Å². The van der Waals surface area contributed by atoms with E-state index in [1.54, 1.807) is 7.11 Å². The van der Waals surface area contributed by atoms with Crippen LogP contribution in [0.25, 0.3) is 0 Å². The molecule has 1 N–H and O–H groups in total. The van der Waals surface area contributed by atoms with E-state index < -0.39 is 0 Å². The highest BCUT2D eigenvalue weighted by atomic mass is 16.5.